The van der Waals surface area contributed by atoms with Crippen LogP contribution < -0.4 is 10.6 Å². The Labute approximate surface area is 232 Å². The van der Waals surface area contributed by atoms with Crippen molar-refractivity contribution >= 4 is 24.0 Å². The number of hydrogen-bond acceptors (Lipinski definition) is 7. The van der Waals surface area contributed by atoms with Gasteiger partial charge in [-0.25, -0.2) is 14.4 Å². The van der Waals surface area contributed by atoms with E-state index in [1.165, 1.54) is 0 Å². The highest BCUT2D eigenvalue weighted by Gasteiger charge is 2.28. The van der Waals surface area contributed by atoms with Gasteiger partial charge in [-0.3, -0.25) is 14.1 Å². The zero-order chi connectivity index (χ0) is 27.8. The summed E-state index contributed by atoms with van der Waals surface area (Å²) in [5.74, 6) is 0.396. The lowest BCUT2D eigenvalue weighted by Crippen LogP contribution is -2.47. The number of imidazole rings is 1. The molecule has 5 heterocycles. The fraction of sp³-hybridized carbons (Fsp3) is 0.367. The van der Waals surface area contributed by atoms with Crippen molar-refractivity contribution in [2.24, 2.45) is 4.99 Å². The van der Waals surface area contributed by atoms with Crippen LogP contribution >= 0.6 is 0 Å². The molecule has 3 N–H and O–H groups in total. The SMILES string of the molecule is C=N/C(=C\C=C(/C)N1CCC(O)CC1)Nc1ccc(-c2cnc3cc(CN4CC(F)C4)ccn23)c2c1C(=O)NC2. The van der Waals surface area contributed by atoms with E-state index in [0.717, 1.165) is 59.7 Å². The summed E-state index contributed by atoms with van der Waals surface area (Å²) in [6, 6.07) is 7.97. The third-order valence-electron chi connectivity index (χ3n) is 8.02. The van der Waals surface area contributed by atoms with Gasteiger partial charge < -0.3 is 20.6 Å². The van der Waals surface area contributed by atoms with E-state index in [1.54, 1.807) is 0 Å². The first kappa shape index (κ1) is 26.2. The number of carbonyl (C=O) groups excluding carboxylic acids is 1. The predicted octanol–water partition coefficient (Wildman–Crippen LogP) is 3.71. The number of nitrogens with zero attached hydrogens (tertiary/aromatic N) is 5. The molecule has 6 rings (SSSR count). The summed E-state index contributed by atoms with van der Waals surface area (Å²) >= 11 is 0. The van der Waals surface area contributed by atoms with Crippen molar-refractivity contribution in [3.05, 3.63) is 77.0 Å². The molecule has 0 bridgehead atoms. The van der Waals surface area contributed by atoms with Gasteiger partial charge in [0.2, 0.25) is 0 Å². The standard InChI is InChI=1S/C30H34FN7O2/c1-19(37-10-8-22(39)9-11-37)3-6-27(32-2)35-25-5-4-23(24-14-34-30(40)29(24)25)26-15-33-28-13-20(7-12-38(26)28)16-36-17-21(31)18-36/h3-7,12-13,15,21-22,35,39H,2,8-11,14,16-18H2,1H3,(H,34,40)/b19-3+,27-6+. The molecular weight excluding hydrogens is 509 g/mol. The Morgan fingerprint density at radius 1 is 1.27 bits per heavy atom. The van der Waals surface area contributed by atoms with Gasteiger partial charge in [0.05, 0.1) is 29.2 Å². The van der Waals surface area contributed by atoms with Gasteiger partial charge in [0.25, 0.3) is 5.91 Å². The van der Waals surface area contributed by atoms with Crippen molar-refractivity contribution in [1.29, 1.82) is 0 Å². The number of fused-ring (bicyclic) bond motifs is 2. The number of allylic oxidation sites excluding steroid dienone is 3. The lowest BCUT2D eigenvalue weighted by atomic mass is 9.99. The number of piperidine rings is 1. The van der Waals surface area contributed by atoms with Crippen LogP contribution in [-0.2, 0) is 13.1 Å². The zero-order valence-electron chi connectivity index (χ0n) is 22.6. The van der Waals surface area contributed by atoms with E-state index in [1.807, 2.05) is 60.1 Å². The lowest BCUT2D eigenvalue weighted by molar-refractivity contribution is 0.0591. The largest absolute Gasteiger partial charge is 0.393 e. The summed E-state index contributed by atoms with van der Waals surface area (Å²) in [7, 11) is 0. The number of rotatable bonds is 8. The highest BCUT2D eigenvalue weighted by Crippen LogP contribution is 2.35. The van der Waals surface area contributed by atoms with Crippen molar-refractivity contribution in [2.75, 3.05) is 31.5 Å². The molecule has 0 radical (unpaired) electrons. The number of alkyl halides is 1. The van der Waals surface area contributed by atoms with Crippen LogP contribution in [0.4, 0.5) is 10.1 Å². The van der Waals surface area contributed by atoms with E-state index in [0.29, 0.717) is 43.3 Å². The molecule has 0 atom stereocenters. The third-order valence-corrected chi connectivity index (χ3v) is 8.02. The Hall–Kier alpha value is -4.02. The number of nitrogens with one attached hydrogen (secondary N) is 2. The van der Waals surface area contributed by atoms with Crippen molar-refractivity contribution in [3.63, 3.8) is 0 Å². The van der Waals surface area contributed by atoms with Gasteiger partial charge in [0.1, 0.15) is 17.6 Å². The Bertz CT molecular complexity index is 1510. The van der Waals surface area contributed by atoms with E-state index in [4.69, 9.17) is 0 Å². The molecule has 3 aromatic rings. The number of amides is 1. The number of carbonyl (C=O) groups is 1. The van der Waals surface area contributed by atoms with Crippen LogP contribution in [0.1, 0.15) is 41.3 Å². The zero-order valence-corrected chi connectivity index (χ0v) is 22.6. The molecule has 2 aromatic heterocycles. The van der Waals surface area contributed by atoms with Gasteiger partial charge >= 0.3 is 0 Å². The van der Waals surface area contributed by atoms with Gasteiger partial charge in [-0.05, 0) is 68.0 Å². The average Bonchev–Trinajstić information content (AvgIpc) is 3.54. The normalized spacial score (nSPS) is 19.1. The number of aliphatic imine (C=N–C) groups is 1. The Morgan fingerprint density at radius 2 is 2.08 bits per heavy atom. The van der Waals surface area contributed by atoms with Crippen molar-refractivity contribution in [1.82, 2.24) is 24.5 Å². The molecule has 1 amide bonds. The molecule has 40 heavy (non-hydrogen) atoms. The number of anilines is 1. The maximum Gasteiger partial charge on any atom is 0.254 e. The minimum absolute atomic E-state index is 0.141. The van der Waals surface area contributed by atoms with Crippen LogP contribution in [0, 0.1) is 0 Å². The maximum atomic E-state index is 13.2. The fourth-order valence-corrected chi connectivity index (χ4v) is 5.70. The van der Waals surface area contributed by atoms with Crippen molar-refractivity contribution < 1.29 is 14.3 Å². The highest BCUT2D eigenvalue weighted by atomic mass is 19.1. The molecule has 0 unspecified atom stereocenters. The molecule has 10 heteroatoms. The second kappa shape index (κ2) is 10.9. The Kier molecular flexibility index (Phi) is 7.12. The number of pyridine rings is 1. The summed E-state index contributed by atoms with van der Waals surface area (Å²) in [6.45, 7) is 9.48. The molecule has 3 aliphatic heterocycles. The Balaban J connectivity index is 1.25. The van der Waals surface area contributed by atoms with Crippen LogP contribution in [-0.4, -0.2) is 75.4 Å². The van der Waals surface area contributed by atoms with E-state index < -0.39 is 6.17 Å². The molecule has 0 spiro atoms. The number of halogens is 1. The molecule has 1 aromatic carbocycles. The second-order valence-corrected chi connectivity index (χ2v) is 10.8. The van der Waals surface area contributed by atoms with E-state index in [2.05, 4.69) is 37.1 Å². The Morgan fingerprint density at radius 3 is 2.83 bits per heavy atom. The highest BCUT2D eigenvalue weighted by molar-refractivity contribution is 6.05. The van der Waals surface area contributed by atoms with Crippen LogP contribution in [0.2, 0.25) is 0 Å². The van der Waals surface area contributed by atoms with Crippen LogP contribution in [0.15, 0.2) is 65.3 Å². The molecule has 0 saturated carbocycles. The first-order valence-electron chi connectivity index (χ1n) is 13.7. The van der Waals surface area contributed by atoms with Crippen LogP contribution in [0.3, 0.4) is 0 Å². The van der Waals surface area contributed by atoms with Gasteiger partial charge in [0, 0.05) is 56.7 Å². The summed E-state index contributed by atoms with van der Waals surface area (Å²) < 4.78 is 15.2. The summed E-state index contributed by atoms with van der Waals surface area (Å²) in [5.41, 5.74) is 6.97. The van der Waals surface area contributed by atoms with Crippen molar-refractivity contribution in [2.45, 2.75) is 45.1 Å². The summed E-state index contributed by atoms with van der Waals surface area (Å²) in [4.78, 5) is 26.0. The smallest absolute Gasteiger partial charge is 0.254 e. The van der Waals surface area contributed by atoms with E-state index in [-0.39, 0.29) is 12.0 Å². The average molecular weight is 544 g/mol. The number of benzene rings is 1. The fourth-order valence-electron chi connectivity index (χ4n) is 5.70. The number of aliphatic hydroxyl groups is 1. The molecule has 2 fully saturated rings. The molecule has 208 valence electrons. The minimum Gasteiger partial charge on any atom is -0.393 e. The number of aromatic nitrogens is 2. The second-order valence-electron chi connectivity index (χ2n) is 10.8. The third kappa shape index (κ3) is 5.12. The molecular formula is C30H34FN7O2. The summed E-state index contributed by atoms with van der Waals surface area (Å²) in [5, 5.41) is 16.0. The molecule has 9 nitrogen and oxygen atoms in total. The number of hydrogen-bond donors (Lipinski definition) is 3. The van der Waals surface area contributed by atoms with Crippen LogP contribution in [0.5, 0.6) is 0 Å². The lowest BCUT2D eigenvalue weighted by Gasteiger charge is -2.34. The van der Waals surface area contributed by atoms with Gasteiger partial charge in [-0.15, -0.1) is 0 Å². The first-order valence-corrected chi connectivity index (χ1v) is 13.7. The quantitative estimate of drug-likeness (QED) is 0.296. The van der Waals surface area contributed by atoms with Crippen LogP contribution in [0.25, 0.3) is 16.9 Å². The van der Waals surface area contributed by atoms with Gasteiger partial charge in [-0.2, -0.15) is 0 Å². The van der Waals surface area contributed by atoms with E-state index in [9.17, 15) is 14.3 Å². The minimum atomic E-state index is -0.720. The van der Waals surface area contributed by atoms with Gasteiger partial charge in [0.15, 0.2) is 0 Å². The monoisotopic (exact) mass is 543 g/mol. The number of aliphatic hydroxyl groups excluding tert-OH is 1. The predicted molar refractivity (Wildman–Crippen MR) is 154 cm³/mol. The first-order chi connectivity index (χ1) is 19.4. The molecule has 0 aliphatic carbocycles. The van der Waals surface area contributed by atoms with Crippen molar-refractivity contribution in [3.8, 4) is 11.3 Å². The summed E-state index contributed by atoms with van der Waals surface area (Å²) in [6.07, 6.45) is 8.24. The van der Waals surface area contributed by atoms with E-state index >= 15 is 0 Å². The number of likely N-dealkylation sites (tertiary alicyclic amines) is 2. The van der Waals surface area contributed by atoms with Gasteiger partial charge in [-0.1, -0.05) is 6.07 Å². The molecule has 3 aliphatic rings. The topological polar surface area (TPSA) is 97.5 Å². The maximum absolute atomic E-state index is 13.2. The molecule has 2 saturated heterocycles.